The number of hydrogen-bond acceptors (Lipinski definition) is 0. The molecule has 3 rings (SSSR count). The van der Waals surface area contributed by atoms with Gasteiger partial charge in [-0.3, -0.25) is 0 Å². The average molecular weight is 355 g/mol. The highest BCUT2D eigenvalue weighted by atomic mass is 14.2. The van der Waals surface area contributed by atoms with Gasteiger partial charge in [-0.2, -0.15) is 0 Å². The molecule has 0 saturated carbocycles. The zero-order valence-electron chi connectivity index (χ0n) is 17.1. The van der Waals surface area contributed by atoms with Crippen LogP contribution in [-0.4, -0.2) is 0 Å². The summed E-state index contributed by atoms with van der Waals surface area (Å²) >= 11 is 0. The zero-order chi connectivity index (χ0) is 19.6. The summed E-state index contributed by atoms with van der Waals surface area (Å²) in [7, 11) is 0. The lowest BCUT2D eigenvalue weighted by molar-refractivity contribution is 0.757. The lowest BCUT2D eigenvalue weighted by Crippen LogP contribution is -2.05. The van der Waals surface area contributed by atoms with E-state index in [4.69, 9.17) is 0 Å². The highest BCUT2D eigenvalue weighted by Gasteiger charge is 2.19. The van der Waals surface area contributed by atoms with Crippen molar-refractivity contribution in [3.8, 4) is 0 Å². The van der Waals surface area contributed by atoms with E-state index in [2.05, 4.69) is 95.5 Å². The minimum atomic E-state index is 0.497. The lowest BCUT2D eigenvalue weighted by atomic mass is 9.80. The first-order valence-electron chi connectivity index (χ1n) is 9.75. The second kappa shape index (κ2) is 7.96. The van der Waals surface area contributed by atoms with Crippen molar-refractivity contribution in [2.75, 3.05) is 0 Å². The summed E-state index contributed by atoms with van der Waals surface area (Å²) in [6.45, 7) is 17.4. The van der Waals surface area contributed by atoms with Crippen LogP contribution < -0.4 is 0 Å². The van der Waals surface area contributed by atoms with Crippen LogP contribution in [0.3, 0.4) is 0 Å². The van der Waals surface area contributed by atoms with Crippen molar-refractivity contribution >= 4 is 5.57 Å². The molecule has 0 bridgehead atoms. The van der Waals surface area contributed by atoms with Gasteiger partial charge in [-0.1, -0.05) is 78.9 Å². The molecule has 138 valence electrons. The molecule has 2 aliphatic carbocycles. The molecule has 0 heteroatoms. The van der Waals surface area contributed by atoms with Gasteiger partial charge < -0.3 is 0 Å². The van der Waals surface area contributed by atoms with Crippen LogP contribution in [0.15, 0.2) is 101 Å². The van der Waals surface area contributed by atoms with Gasteiger partial charge in [0.2, 0.25) is 0 Å². The van der Waals surface area contributed by atoms with Crippen LogP contribution in [0.25, 0.3) is 5.57 Å². The highest BCUT2D eigenvalue weighted by molar-refractivity contribution is 5.79. The second-order valence-corrected chi connectivity index (χ2v) is 7.87. The first kappa shape index (κ1) is 19.2. The Morgan fingerprint density at radius 3 is 2.56 bits per heavy atom. The Labute approximate surface area is 164 Å². The van der Waals surface area contributed by atoms with Gasteiger partial charge in [0, 0.05) is 5.92 Å². The van der Waals surface area contributed by atoms with Gasteiger partial charge in [0.15, 0.2) is 0 Å². The van der Waals surface area contributed by atoms with Crippen molar-refractivity contribution in [2.45, 2.75) is 40.5 Å². The Morgan fingerprint density at radius 1 is 1.11 bits per heavy atom. The van der Waals surface area contributed by atoms with E-state index in [1.807, 2.05) is 0 Å². The maximum absolute atomic E-state index is 4.33. The maximum Gasteiger partial charge on any atom is 0.00175 e. The molecule has 1 unspecified atom stereocenters. The predicted molar refractivity (Wildman–Crippen MR) is 120 cm³/mol. The van der Waals surface area contributed by atoms with E-state index in [-0.39, 0.29) is 0 Å². The maximum atomic E-state index is 4.33. The fourth-order valence-corrected chi connectivity index (χ4v) is 4.02. The van der Waals surface area contributed by atoms with E-state index in [1.165, 1.54) is 39.0 Å². The van der Waals surface area contributed by atoms with Crippen molar-refractivity contribution in [1.82, 2.24) is 0 Å². The van der Waals surface area contributed by atoms with E-state index < -0.39 is 0 Å². The van der Waals surface area contributed by atoms with Crippen molar-refractivity contribution in [1.29, 1.82) is 0 Å². The molecule has 0 radical (unpaired) electrons. The molecule has 0 saturated heterocycles. The smallest absolute Gasteiger partial charge is 0.00175 e. The number of benzene rings is 1. The summed E-state index contributed by atoms with van der Waals surface area (Å²) in [5.74, 6) is 0.497. The molecular formula is C27H30. The normalized spacial score (nSPS) is 22.5. The van der Waals surface area contributed by atoms with E-state index in [0.29, 0.717) is 5.92 Å². The first-order chi connectivity index (χ1) is 12.9. The van der Waals surface area contributed by atoms with E-state index in [9.17, 15) is 0 Å². The topological polar surface area (TPSA) is 0 Å². The minimum Gasteiger partial charge on any atom is -0.0912 e. The third kappa shape index (κ3) is 4.22. The van der Waals surface area contributed by atoms with Crippen LogP contribution in [0.5, 0.6) is 0 Å². The summed E-state index contributed by atoms with van der Waals surface area (Å²) in [6.07, 6.45) is 13.4. The average Bonchev–Trinajstić information content (AvgIpc) is 2.64. The molecule has 0 N–H and O–H groups in total. The van der Waals surface area contributed by atoms with Crippen LogP contribution in [0, 0.1) is 12.8 Å². The third-order valence-electron chi connectivity index (χ3n) is 5.70. The zero-order valence-corrected chi connectivity index (χ0v) is 17.1. The fraction of sp³-hybridized carbons (Fsp3) is 0.259. The van der Waals surface area contributed by atoms with Crippen molar-refractivity contribution < 1.29 is 0 Å². The fourth-order valence-electron chi connectivity index (χ4n) is 4.02. The summed E-state index contributed by atoms with van der Waals surface area (Å²) in [5.41, 5.74) is 11.4. The van der Waals surface area contributed by atoms with Gasteiger partial charge in [-0.15, -0.1) is 0 Å². The summed E-state index contributed by atoms with van der Waals surface area (Å²) in [6, 6.07) is 8.59. The van der Waals surface area contributed by atoms with Gasteiger partial charge in [0.1, 0.15) is 0 Å². The standard InChI is InChI=1S/C27H30/c1-18-10-9-12-24(14-18)21(4)15-22(5)27-17-25(16-20(3)23(27)6)26-13-8-7-11-19(26)2/h7-11,13-16,24H,3,6,12,17H2,1-2,4-5H3. The minimum absolute atomic E-state index is 0.497. The SMILES string of the molecule is C=C1C=C(c2ccccc2C)CC(=C(C)C=C(C)C2C=C(C)C=CC2)C1=C. The number of hydrogen-bond donors (Lipinski definition) is 0. The molecule has 0 heterocycles. The van der Waals surface area contributed by atoms with Crippen molar-refractivity contribution in [2.24, 2.45) is 5.92 Å². The van der Waals surface area contributed by atoms with Crippen molar-refractivity contribution in [3.05, 3.63) is 112 Å². The van der Waals surface area contributed by atoms with Crippen molar-refractivity contribution in [3.63, 3.8) is 0 Å². The lowest BCUT2D eigenvalue weighted by Gasteiger charge is -2.24. The van der Waals surface area contributed by atoms with Gasteiger partial charge in [0.05, 0.1) is 0 Å². The quantitative estimate of drug-likeness (QED) is 0.522. The van der Waals surface area contributed by atoms with Crippen LogP contribution in [0.2, 0.25) is 0 Å². The molecule has 1 aromatic carbocycles. The molecule has 0 nitrogen and oxygen atoms in total. The van der Waals surface area contributed by atoms with Crippen LogP contribution in [0.1, 0.15) is 44.7 Å². The molecular weight excluding hydrogens is 324 g/mol. The molecule has 2 aliphatic rings. The largest absolute Gasteiger partial charge is 0.0912 e. The van der Waals surface area contributed by atoms with E-state index >= 15 is 0 Å². The third-order valence-corrected chi connectivity index (χ3v) is 5.70. The van der Waals surface area contributed by atoms with Crippen LogP contribution in [-0.2, 0) is 0 Å². The predicted octanol–water partition coefficient (Wildman–Crippen LogP) is 7.68. The monoisotopic (exact) mass is 354 g/mol. The second-order valence-electron chi connectivity index (χ2n) is 7.87. The summed E-state index contributed by atoms with van der Waals surface area (Å²) in [4.78, 5) is 0. The molecule has 0 fully saturated rings. The molecule has 0 amide bonds. The van der Waals surface area contributed by atoms with E-state index in [0.717, 1.165) is 24.0 Å². The molecule has 0 spiro atoms. The van der Waals surface area contributed by atoms with Crippen LogP contribution >= 0.6 is 0 Å². The Hall–Kier alpha value is -2.60. The van der Waals surface area contributed by atoms with Gasteiger partial charge >= 0.3 is 0 Å². The van der Waals surface area contributed by atoms with Gasteiger partial charge in [-0.25, -0.2) is 0 Å². The first-order valence-corrected chi connectivity index (χ1v) is 9.75. The van der Waals surface area contributed by atoms with Crippen LogP contribution in [0.4, 0.5) is 0 Å². The summed E-state index contributed by atoms with van der Waals surface area (Å²) < 4.78 is 0. The van der Waals surface area contributed by atoms with Gasteiger partial charge in [-0.05, 0) is 79.5 Å². The molecule has 1 aromatic rings. The molecule has 0 aliphatic heterocycles. The highest BCUT2D eigenvalue weighted by Crippen LogP contribution is 2.39. The number of aryl methyl sites for hydroxylation is 1. The Morgan fingerprint density at radius 2 is 1.85 bits per heavy atom. The Balaban J connectivity index is 1.95. The number of allylic oxidation sites excluding steroid dienone is 12. The number of rotatable bonds is 3. The molecule has 27 heavy (non-hydrogen) atoms. The Bertz CT molecular complexity index is 938. The molecule has 1 atom stereocenters. The van der Waals surface area contributed by atoms with Gasteiger partial charge in [0.25, 0.3) is 0 Å². The summed E-state index contributed by atoms with van der Waals surface area (Å²) in [5, 5.41) is 0. The Kier molecular flexibility index (Phi) is 5.65. The molecule has 0 aromatic heterocycles. The van der Waals surface area contributed by atoms with E-state index in [1.54, 1.807) is 0 Å².